The van der Waals surface area contributed by atoms with Crippen molar-refractivity contribution >= 4 is 34.7 Å². The number of hydrogen-bond donors (Lipinski definition) is 2. The van der Waals surface area contributed by atoms with Gasteiger partial charge in [-0.3, -0.25) is 14.4 Å². The lowest BCUT2D eigenvalue weighted by molar-refractivity contribution is -0.126. The number of para-hydroxylation sites is 1. The third-order valence-corrected chi connectivity index (χ3v) is 7.86. The zero-order valence-electron chi connectivity index (χ0n) is 20.2. The second-order valence-electron chi connectivity index (χ2n) is 9.36. The molecule has 0 bridgehead atoms. The smallest absolute Gasteiger partial charge is 0.286 e. The van der Waals surface area contributed by atoms with Gasteiger partial charge in [-0.1, -0.05) is 48.8 Å². The normalized spacial score (nSPS) is 17.4. The third-order valence-electron chi connectivity index (χ3n) is 6.95. The van der Waals surface area contributed by atoms with Gasteiger partial charge in [0.25, 0.3) is 11.8 Å². The van der Waals surface area contributed by atoms with E-state index in [0.717, 1.165) is 17.9 Å². The Balaban J connectivity index is 1.19. The summed E-state index contributed by atoms with van der Waals surface area (Å²) in [6.07, 6.45) is 7.70. The van der Waals surface area contributed by atoms with Crippen LogP contribution in [0.25, 0.3) is 0 Å². The number of nitrogens with zero attached hydrogens (tertiary/aromatic N) is 4. The average Bonchev–Trinajstić information content (AvgIpc) is 3.40. The number of rotatable bonds is 8. The van der Waals surface area contributed by atoms with E-state index in [1.807, 2.05) is 18.2 Å². The van der Waals surface area contributed by atoms with E-state index in [4.69, 9.17) is 0 Å². The van der Waals surface area contributed by atoms with Crippen molar-refractivity contribution in [1.29, 1.82) is 0 Å². The topological polar surface area (TPSA) is 108 Å². The van der Waals surface area contributed by atoms with Gasteiger partial charge in [-0.2, -0.15) is 0 Å². The van der Waals surface area contributed by atoms with Gasteiger partial charge in [-0.25, -0.2) is 0 Å². The highest BCUT2D eigenvalue weighted by atomic mass is 32.1. The van der Waals surface area contributed by atoms with Crippen molar-refractivity contribution in [3.8, 4) is 0 Å². The second-order valence-corrected chi connectivity index (χ2v) is 10.3. The van der Waals surface area contributed by atoms with E-state index in [2.05, 4.69) is 32.8 Å². The Morgan fingerprint density at radius 2 is 1.69 bits per heavy atom. The van der Waals surface area contributed by atoms with Gasteiger partial charge in [0.15, 0.2) is 0 Å². The predicted molar refractivity (Wildman–Crippen MR) is 135 cm³/mol. The summed E-state index contributed by atoms with van der Waals surface area (Å²) in [5.41, 5.74) is 0.654. The van der Waals surface area contributed by atoms with E-state index in [1.165, 1.54) is 32.1 Å². The number of aromatic nitrogens is 2. The number of anilines is 1. The Hall–Kier alpha value is -2.85. The van der Waals surface area contributed by atoms with Gasteiger partial charge in [-0.15, -0.1) is 10.2 Å². The van der Waals surface area contributed by atoms with Crippen molar-refractivity contribution < 1.29 is 14.4 Å². The standard InChI is InChI=1S/C25H34N6O3S/c1-30(20-10-6-3-7-11-20)17-14-26-21(32)18-12-15-31(16-13-18)25(34)24-29-28-23(35-24)22(33)27-19-8-4-2-5-9-19/h2,4-5,8-9,18,20H,3,6-7,10-17H2,1H3,(H,26,32)(H,27,33). The van der Waals surface area contributed by atoms with Gasteiger partial charge >= 0.3 is 0 Å². The summed E-state index contributed by atoms with van der Waals surface area (Å²) in [5.74, 6) is -0.642. The Morgan fingerprint density at radius 3 is 2.40 bits per heavy atom. The molecule has 2 fully saturated rings. The van der Waals surface area contributed by atoms with Crippen molar-refractivity contribution in [3.05, 3.63) is 40.3 Å². The fourth-order valence-electron chi connectivity index (χ4n) is 4.79. The van der Waals surface area contributed by atoms with Crippen LogP contribution in [0.4, 0.5) is 5.69 Å². The molecule has 0 atom stereocenters. The summed E-state index contributed by atoms with van der Waals surface area (Å²) in [4.78, 5) is 42.0. The highest BCUT2D eigenvalue weighted by molar-refractivity contribution is 7.15. The van der Waals surface area contributed by atoms with Crippen LogP contribution in [-0.2, 0) is 4.79 Å². The van der Waals surface area contributed by atoms with Gasteiger partial charge in [0.2, 0.25) is 15.9 Å². The summed E-state index contributed by atoms with van der Waals surface area (Å²) in [7, 11) is 2.15. The predicted octanol–water partition coefficient (Wildman–Crippen LogP) is 3.02. The molecule has 3 amide bonds. The number of carbonyl (C=O) groups is 3. The Labute approximate surface area is 210 Å². The number of likely N-dealkylation sites (tertiary alicyclic amines) is 1. The van der Waals surface area contributed by atoms with Crippen LogP contribution in [0.2, 0.25) is 0 Å². The maximum absolute atomic E-state index is 12.9. The molecule has 1 saturated heterocycles. The highest BCUT2D eigenvalue weighted by Gasteiger charge is 2.30. The summed E-state index contributed by atoms with van der Waals surface area (Å²) in [6.45, 7) is 2.50. The first-order valence-corrected chi connectivity index (χ1v) is 13.3. The molecule has 9 nitrogen and oxygen atoms in total. The van der Waals surface area contributed by atoms with Crippen LogP contribution in [0.3, 0.4) is 0 Å². The van der Waals surface area contributed by atoms with Crippen molar-refractivity contribution in [3.63, 3.8) is 0 Å². The second kappa shape index (κ2) is 12.2. The molecule has 0 unspecified atom stereocenters. The molecule has 1 saturated carbocycles. The number of benzene rings is 1. The zero-order chi connectivity index (χ0) is 24.6. The van der Waals surface area contributed by atoms with Crippen LogP contribution in [0, 0.1) is 5.92 Å². The van der Waals surface area contributed by atoms with Crippen molar-refractivity contribution in [2.24, 2.45) is 5.92 Å². The van der Waals surface area contributed by atoms with Gasteiger partial charge in [0.1, 0.15) is 0 Å². The van der Waals surface area contributed by atoms with Crippen molar-refractivity contribution in [2.45, 2.75) is 51.0 Å². The SMILES string of the molecule is CN(CCNC(=O)C1CCN(C(=O)c2nnc(C(=O)Nc3ccccc3)s2)CC1)C1CCCCC1. The van der Waals surface area contributed by atoms with Crippen LogP contribution in [0.5, 0.6) is 0 Å². The molecular formula is C25H34N6O3S. The quantitative estimate of drug-likeness (QED) is 0.579. The Kier molecular flexibility index (Phi) is 8.81. The van der Waals surface area contributed by atoms with Gasteiger partial charge < -0.3 is 20.4 Å². The van der Waals surface area contributed by atoms with Crippen molar-refractivity contribution in [2.75, 3.05) is 38.5 Å². The first-order valence-electron chi connectivity index (χ1n) is 12.5. The van der Waals surface area contributed by atoms with E-state index in [0.29, 0.717) is 44.2 Å². The molecule has 1 aromatic carbocycles. The number of likely N-dealkylation sites (N-methyl/N-ethyl adjacent to an activating group) is 1. The highest BCUT2D eigenvalue weighted by Crippen LogP contribution is 2.22. The van der Waals surface area contributed by atoms with E-state index in [9.17, 15) is 14.4 Å². The van der Waals surface area contributed by atoms with Crippen molar-refractivity contribution in [1.82, 2.24) is 25.3 Å². The number of hydrogen-bond acceptors (Lipinski definition) is 7. The molecule has 0 radical (unpaired) electrons. The van der Waals surface area contributed by atoms with E-state index in [-0.39, 0.29) is 27.7 Å². The molecule has 2 heterocycles. The lowest BCUT2D eigenvalue weighted by atomic mass is 9.94. The molecule has 1 aliphatic carbocycles. The largest absolute Gasteiger partial charge is 0.355 e. The van der Waals surface area contributed by atoms with E-state index >= 15 is 0 Å². The molecule has 1 aromatic heterocycles. The first-order chi connectivity index (χ1) is 17.0. The lowest BCUT2D eigenvalue weighted by Gasteiger charge is -2.32. The summed E-state index contributed by atoms with van der Waals surface area (Å²) < 4.78 is 0. The van der Waals surface area contributed by atoms with Gasteiger partial charge in [0.05, 0.1) is 0 Å². The Morgan fingerprint density at radius 1 is 1.00 bits per heavy atom. The molecule has 188 valence electrons. The molecule has 2 N–H and O–H groups in total. The minimum Gasteiger partial charge on any atom is -0.355 e. The van der Waals surface area contributed by atoms with Gasteiger partial charge in [0, 0.05) is 43.8 Å². The average molecular weight is 499 g/mol. The number of nitrogens with one attached hydrogen (secondary N) is 2. The van der Waals surface area contributed by atoms with E-state index < -0.39 is 5.91 Å². The van der Waals surface area contributed by atoms with Crippen LogP contribution in [-0.4, -0.2) is 77.0 Å². The molecule has 2 aliphatic rings. The number of amides is 3. The minimum atomic E-state index is -0.391. The van der Waals surface area contributed by atoms with E-state index in [1.54, 1.807) is 17.0 Å². The van der Waals surface area contributed by atoms with Crippen LogP contribution in [0.15, 0.2) is 30.3 Å². The fraction of sp³-hybridized carbons (Fsp3) is 0.560. The molecule has 10 heteroatoms. The molecular weight excluding hydrogens is 464 g/mol. The van der Waals surface area contributed by atoms with Crippen LogP contribution in [0.1, 0.15) is 64.6 Å². The maximum atomic E-state index is 12.9. The Bertz CT molecular complexity index is 1000. The molecule has 35 heavy (non-hydrogen) atoms. The fourth-order valence-corrected chi connectivity index (χ4v) is 5.50. The maximum Gasteiger partial charge on any atom is 0.286 e. The van der Waals surface area contributed by atoms with Gasteiger partial charge in [-0.05, 0) is 44.9 Å². The van der Waals surface area contributed by atoms with Crippen LogP contribution >= 0.6 is 11.3 Å². The number of carbonyl (C=O) groups excluding carboxylic acids is 3. The first kappa shape index (κ1) is 25.2. The van der Waals surface area contributed by atoms with Crippen LogP contribution < -0.4 is 10.6 Å². The molecule has 4 rings (SSSR count). The molecule has 1 aliphatic heterocycles. The molecule has 0 spiro atoms. The summed E-state index contributed by atoms with van der Waals surface area (Å²) >= 11 is 0.985. The summed E-state index contributed by atoms with van der Waals surface area (Å²) in [6, 6.07) is 9.71. The zero-order valence-corrected chi connectivity index (χ0v) is 21.1. The third kappa shape index (κ3) is 6.85. The monoisotopic (exact) mass is 498 g/mol. The lowest BCUT2D eigenvalue weighted by Crippen LogP contribution is -2.45. The summed E-state index contributed by atoms with van der Waals surface area (Å²) in [5, 5.41) is 14.0. The minimum absolute atomic E-state index is 0.0740. The number of piperidine rings is 1. The molecule has 2 aromatic rings.